The predicted octanol–water partition coefficient (Wildman–Crippen LogP) is 3.66. The third-order valence-corrected chi connectivity index (χ3v) is 4.06. The van der Waals surface area contributed by atoms with Gasteiger partial charge in [-0.05, 0) is 30.0 Å². The summed E-state index contributed by atoms with van der Waals surface area (Å²) >= 11 is 0. The quantitative estimate of drug-likeness (QED) is 0.781. The summed E-state index contributed by atoms with van der Waals surface area (Å²) in [5, 5.41) is 12.8. The summed E-state index contributed by atoms with van der Waals surface area (Å²) in [6.07, 6.45) is 8.45. The molecule has 0 saturated heterocycles. The summed E-state index contributed by atoms with van der Waals surface area (Å²) in [6, 6.07) is 8.12. The van der Waals surface area contributed by atoms with Crippen LogP contribution in [0.4, 0.5) is 0 Å². The molecule has 1 fully saturated rings. The average Bonchev–Trinajstić information content (AvgIpc) is 2.45. The highest BCUT2D eigenvalue weighted by molar-refractivity contribution is 5.85. The molecule has 0 aromatic heterocycles. The molecule has 108 valence electrons. The van der Waals surface area contributed by atoms with Gasteiger partial charge < -0.3 is 10.4 Å². The second kappa shape index (κ2) is 9.35. The van der Waals surface area contributed by atoms with E-state index in [0.29, 0.717) is 0 Å². The van der Waals surface area contributed by atoms with Crippen LogP contribution in [0.25, 0.3) is 0 Å². The lowest BCUT2D eigenvalue weighted by atomic mass is 9.87. The number of aliphatic hydroxyl groups is 1. The third-order valence-electron chi connectivity index (χ3n) is 4.06. The Labute approximate surface area is 123 Å². The summed E-state index contributed by atoms with van der Waals surface area (Å²) in [7, 11) is 0. The molecule has 19 heavy (non-hydrogen) atoms. The molecule has 0 bridgehead atoms. The highest BCUT2D eigenvalue weighted by Gasteiger charge is 2.12. The normalized spacial score (nSPS) is 16.1. The van der Waals surface area contributed by atoms with Gasteiger partial charge in [-0.1, -0.05) is 56.4 Å². The van der Waals surface area contributed by atoms with Crippen LogP contribution in [0.2, 0.25) is 0 Å². The van der Waals surface area contributed by atoms with Gasteiger partial charge in [-0.15, -0.1) is 12.4 Å². The van der Waals surface area contributed by atoms with Gasteiger partial charge in [0.15, 0.2) is 0 Å². The SMILES string of the molecule is Cl.OCc1ccccc1CNCCC1CCCCC1. The molecule has 1 aromatic rings. The highest BCUT2D eigenvalue weighted by atomic mass is 35.5. The number of rotatable bonds is 6. The molecule has 0 radical (unpaired) electrons. The zero-order chi connectivity index (χ0) is 12.6. The van der Waals surface area contributed by atoms with E-state index in [0.717, 1.165) is 24.6 Å². The van der Waals surface area contributed by atoms with Gasteiger partial charge in [0.1, 0.15) is 0 Å². The molecule has 2 nitrogen and oxygen atoms in total. The van der Waals surface area contributed by atoms with Gasteiger partial charge in [-0.25, -0.2) is 0 Å². The Balaban J connectivity index is 0.00000180. The van der Waals surface area contributed by atoms with Crippen LogP contribution in [0.3, 0.4) is 0 Å². The van der Waals surface area contributed by atoms with E-state index in [9.17, 15) is 5.11 Å². The second-order valence-corrected chi connectivity index (χ2v) is 5.40. The first-order valence-corrected chi connectivity index (χ1v) is 7.28. The minimum Gasteiger partial charge on any atom is -0.392 e. The number of nitrogens with one attached hydrogen (secondary N) is 1. The first kappa shape index (κ1) is 16.5. The molecule has 1 aromatic carbocycles. The highest BCUT2D eigenvalue weighted by Crippen LogP contribution is 2.25. The summed E-state index contributed by atoms with van der Waals surface area (Å²) in [5.41, 5.74) is 2.27. The molecule has 2 N–H and O–H groups in total. The molecule has 0 unspecified atom stereocenters. The Morgan fingerprint density at radius 1 is 1.05 bits per heavy atom. The summed E-state index contributed by atoms with van der Waals surface area (Å²) in [5.74, 6) is 0.944. The van der Waals surface area contributed by atoms with E-state index in [-0.39, 0.29) is 19.0 Å². The summed E-state index contributed by atoms with van der Waals surface area (Å²) in [6.45, 7) is 2.12. The molecule has 1 aliphatic carbocycles. The largest absolute Gasteiger partial charge is 0.392 e. The number of aliphatic hydroxyl groups excluding tert-OH is 1. The van der Waals surface area contributed by atoms with E-state index in [1.165, 1.54) is 44.1 Å². The molecular weight excluding hydrogens is 258 g/mol. The second-order valence-electron chi connectivity index (χ2n) is 5.40. The van der Waals surface area contributed by atoms with E-state index in [4.69, 9.17) is 0 Å². The van der Waals surface area contributed by atoms with Crippen molar-refractivity contribution >= 4 is 12.4 Å². The van der Waals surface area contributed by atoms with Gasteiger partial charge in [-0.2, -0.15) is 0 Å². The molecule has 0 heterocycles. The molecule has 2 rings (SSSR count). The van der Waals surface area contributed by atoms with Crippen LogP contribution < -0.4 is 5.32 Å². The maximum absolute atomic E-state index is 9.25. The fourth-order valence-corrected chi connectivity index (χ4v) is 2.89. The van der Waals surface area contributed by atoms with E-state index in [1.54, 1.807) is 0 Å². The molecule has 1 aliphatic rings. The van der Waals surface area contributed by atoms with Gasteiger partial charge >= 0.3 is 0 Å². The lowest BCUT2D eigenvalue weighted by Crippen LogP contribution is -2.19. The smallest absolute Gasteiger partial charge is 0.0685 e. The van der Waals surface area contributed by atoms with Crippen molar-refractivity contribution < 1.29 is 5.11 Å². The van der Waals surface area contributed by atoms with E-state index < -0.39 is 0 Å². The van der Waals surface area contributed by atoms with Crippen molar-refractivity contribution in [2.24, 2.45) is 5.92 Å². The zero-order valence-corrected chi connectivity index (χ0v) is 12.4. The van der Waals surface area contributed by atoms with Gasteiger partial charge in [-0.3, -0.25) is 0 Å². The fourth-order valence-electron chi connectivity index (χ4n) is 2.89. The molecule has 0 amide bonds. The number of halogens is 1. The minimum absolute atomic E-state index is 0. The van der Waals surface area contributed by atoms with Gasteiger partial charge in [0.2, 0.25) is 0 Å². The van der Waals surface area contributed by atoms with Gasteiger partial charge in [0.05, 0.1) is 6.61 Å². The molecule has 0 atom stereocenters. The summed E-state index contributed by atoms with van der Waals surface area (Å²) in [4.78, 5) is 0. The average molecular weight is 284 g/mol. The first-order valence-electron chi connectivity index (χ1n) is 7.28. The first-order chi connectivity index (χ1) is 8.90. The Kier molecular flexibility index (Phi) is 8.11. The monoisotopic (exact) mass is 283 g/mol. The van der Waals surface area contributed by atoms with Crippen LogP contribution in [-0.2, 0) is 13.2 Å². The van der Waals surface area contributed by atoms with E-state index in [1.807, 2.05) is 18.2 Å². The molecular formula is C16H26ClNO. The Hall–Kier alpha value is -0.570. The Bertz CT molecular complexity index is 350. The van der Waals surface area contributed by atoms with Crippen molar-refractivity contribution in [3.8, 4) is 0 Å². The Morgan fingerprint density at radius 2 is 1.74 bits per heavy atom. The molecule has 3 heteroatoms. The van der Waals surface area contributed by atoms with Crippen molar-refractivity contribution in [1.29, 1.82) is 0 Å². The zero-order valence-electron chi connectivity index (χ0n) is 11.6. The van der Waals surface area contributed by atoms with Crippen molar-refractivity contribution in [2.45, 2.75) is 51.7 Å². The van der Waals surface area contributed by atoms with E-state index in [2.05, 4.69) is 11.4 Å². The van der Waals surface area contributed by atoms with Crippen LogP contribution in [0.5, 0.6) is 0 Å². The van der Waals surface area contributed by atoms with E-state index >= 15 is 0 Å². The van der Waals surface area contributed by atoms with Crippen molar-refractivity contribution in [1.82, 2.24) is 5.32 Å². The van der Waals surface area contributed by atoms with Crippen LogP contribution in [0.15, 0.2) is 24.3 Å². The number of hydrogen-bond acceptors (Lipinski definition) is 2. The number of benzene rings is 1. The predicted molar refractivity (Wildman–Crippen MR) is 82.5 cm³/mol. The molecule has 0 spiro atoms. The standard InChI is InChI=1S/C16H25NO.ClH/c18-13-16-9-5-4-8-15(16)12-17-11-10-14-6-2-1-3-7-14;/h4-5,8-9,14,17-18H,1-3,6-7,10-13H2;1H. The maximum atomic E-state index is 9.25. The van der Waals surface area contributed by atoms with Gasteiger partial charge in [0, 0.05) is 6.54 Å². The topological polar surface area (TPSA) is 32.3 Å². The minimum atomic E-state index is 0. The van der Waals surface area contributed by atoms with Crippen molar-refractivity contribution in [3.05, 3.63) is 35.4 Å². The third kappa shape index (κ3) is 5.52. The Morgan fingerprint density at radius 3 is 2.42 bits per heavy atom. The lowest BCUT2D eigenvalue weighted by Gasteiger charge is -2.21. The number of hydrogen-bond donors (Lipinski definition) is 2. The molecule has 0 aliphatic heterocycles. The lowest BCUT2D eigenvalue weighted by molar-refractivity contribution is 0.280. The van der Waals surface area contributed by atoms with Crippen LogP contribution in [0.1, 0.15) is 49.7 Å². The van der Waals surface area contributed by atoms with Crippen LogP contribution >= 0.6 is 12.4 Å². The maximum Gasteiger partial charge on any atom is 0.0685 e. The molecule has 1 saturated carbocycles. The van der Waals surface area contributed by atoms with Gasteiger partial charge in [0.25, 0.3) is 0 Å². The van der Waals surface area contributed by atoms with Crippen molar-refractivity contribution in [2.75, 3.05) is 6.54 Å². The van der Waals surface area contributed by atoms with Crippen LogP contribution in [-0.4, -0.2) is 11.7 Å². The fraction of sp³-hybridized carbons (Fsp3) is 0.625. The summed E-state index contributed by atoms with van der Waals surface area (Å²) < 4.78 is 0. The van der Waals surface area contributed by atoms with Crippen molar-refractivity contribution in [3.63, 3.8) is 0 Å². The van der Waals surface area contributed by atoms with Crippen LogP contribution in [0, 0.1) is 5.92 Å².